The largest absolute Gasteiger partial charge is 0.307 e. The number of aromatic nitrogens is 3. The zero-order valence-electron chi connectivity index (χ0n) is 12.2. The summed E-state index contributed by atoms with van der Waals surface area (Å²) in [5.41, 5.74) is 0. The summed E-state index contributed by atoms with van der Waals surface area (Å²) in [6, 6.07) is 0.598. The molecule has 1 aromatic heterocycles. The van der Waals surface area contributed by atoms with Crippen LogP contribution in [0, 0.1) is 5.92 Å². The van der Waals surface area contributed by atoms with Crippen molar-refractivity contribution in [1.82, 2.24) is 20.1 Å². The molecule has 0 aliphatic heterocycles. The number of hydrogen-bond acceptors (Lipinski definition) is 3. The molecule has 1 atom stereocenters. The Labute approximate surface area is 116 Å². The van der Waals surface area contributed by atoms with E-state index in [1.54, 1.807) is 0 Å². The Kier molecular flexibility index (Phi) is 3.87. The van der Waals surface area contributed by atoms with Gasteiger partial charge in [-0.15, -0.1) is 0 Å². The molecule has 1 N–H and O–H groups in total. The van der Waals surface area contributed by atoms with Crippen LogP contribution in [0.1, 0.15) is 69.4 Å². The van der Waals surface area contributed by atoms with Gasteiger partial charge in [-0.3, -0.25) is 4.68 Å². The van der Waals surface area contributed by atoms with Gasteiger partial charge in [0.25, 0.3) is 0 Å². The first kappa shape index (κ1) is 13.1. The number of aryl methyl sites for hydroxylation is 1. The van der Waals surface area contributed by atoms with Crippen LogP contribution >= 0.6 is 0 Å². The van der Waals surface area contributed by atoms with Gasteiger partial charge in [0, 0.05) is 19.0 Å². The van der Waals surface area contributed by atoms with E-state index >= 15 is 0 Å². The predicted octanol–water partition coefficient (Wildman–Crippen LogP) is 2.75. The van der Waals surface area contributed by atoms with Gasteiger partial charge < -0.3 is 5.32 Å². The Morgan fingerprint density at radius 3 is 2.63 bits per heavy atom. The molecule has 2 aliphatic carbocycles. The molecular formula is C15H26N4. The van der Waals surface area contributed by atoms with E-state index in [0.717, 1.165) is 24.1 Å². The fourth-order valence-electron chi connectivity index (χ4n) is 3.16. The minimum Gasteiger partial charge on any atom is -0.307 e. The molecule has 4 nitrogen and oxygen atoms in total. The van der Waals surface area contributed by atoms with Crippen LogP contribution in [0.15, 0.2) is 0 Å². The predicted molar refractivity (Wildman–Crippen MR) is 75.9 cm³/mol. The van der Waals surface area contributed by atoms with Crippen molar-refractivity contribution in [3.05, 3.63) is 11.6 Å². The van der Waals surface area contributed by atoms with Gasteiger partial charge in [-0.2, -0.15) is 5.10 Å². The van der Waals surface area contributed by atoms with Gasteiger partial charge in [0.15, 0.2) is 5.82 Å². The van der Waals surface area contributed by atoms with E-state index in [-0.39, 0.29) is 0 Å². The minimum atomic E-state index is 0.598. The molecule has 0 radical (unpaired) electrons. The van der Waals surface area contributed by atoms with Crippen LogP contribution in [-0.4, -0.2) is 20.8 Å². The molecule has 3 rings (SSSR count). The molecule has 1 heterocycles. The van der Waals surface area contributed by atoms with Gasteiger partial charge in [0.05, 0.1) is 6.54 Å². The van der Waals surface area contributed by atoms with E-state index < -0.39 is 0 Å². The van der Waals surface area contributed by atoms with Crippen molar-refractivity contribution in [3.8, 4) is 0 Å². The Balaban J connectivity index is 1.53. The highest BCUT2D eigenvalue weighted by molar-refractivity contribution is 5.06. The van der Waals surface area contributed by atoms with Crippen LogP contribution in [0.3, 0.4) is 0 Å². The highest BCUT2D eigenvalue weighted by Crippen LogP contribution is 2.38. The van der Waals surface area contributed by atoms with Crippen LogP contribution in [-0.2, 0) is 13.6 Å². The number of nitrogens with zero attached hydrogens (tertiary/aromatic N) is 3. The van der Waals surface area contributed by atoms with Gasteiger partial charge in [-0.1, -0.05) is 19.3 Å². The molecule has 0 amide bonds. The monoisotopic (exact) mass is 262 g/mol. The third-order valence-electron chi connectivity index (χ3n) is 4.75. The van der Waals surface area contributed by atoms with E-state index in [0.29, 0.717) is 12.0 Å². The number of hydrogen-bond donors (Lipinski definition) is 1. The Hall–Kier alpha value is -0.900. The summed E-state index contributed by atoms with van der Waals surface area (Å²) in [5.74, 6) is 3.65. The Bertz CT molecular complexity index is 416. The van der Waals surface area contributed by atoms with Gasteiger partial charge in [-0.25, -0.2) is 4.98 Å². The number of rotatable bonds is 5. The van der Waals surface area contributed by atoms with Crippen molar-refractivity contribution in [2.45, 2.75) is 70.4 Å². The first-order chi connectivity index (χ1) is 9.24. The third kappa shape index (κ3) is 3.16. The number of nitrogens with one attached hydrogen (secondary N) is 1. The zero-order chi connectivity index (χ0) is 13.2. The minimum absolute atomic E-state index is 0.598. The van der Waals surface area contributed by atoms with Crippen LogP contribution in [0.4, 0.5) is 0 Å². The van der Waals surface area contributed by atoms with Crippen LogP contribution in [0.25, 0.3) is 0 Å². The topological polar surface area (TPSA) is 42.7 Å². The van der Waals surface area contributed by atoms with Crippen molar-refractivity contribution >= 4 is 0 Å². The SMILES string of the molecule is CC(NCc1nc(C2CC2)nn1C)C1CCCCC1. The lowest BCUT2D eigenvalue weighted by molar-refractivity contribution is 0.278. The summed E-state index contributed by atoms with van der Waals surface area (Å²) in [4.78, 5) is 4.68. The summed E-state index contributed by atoms with van der Waals surface area (Å²) in [6.45, 7) is 3.18. The van der Waals surface area contributed by atoms with E-state index in [1.165, 1.54) is 44.9 Å². The van der Waals surface area contributed by atoms with E-state index in [4.69, 9.17) is 0 Å². The van der Waals surface area contributed by atoms with Gasteiger partial charge >= 0.3 is 0 Å². The lowest BCUT2D eigenvalue weighted by Gasteiger charge is -2.28. The van der Waals surface area contributed by atoms with Crippen molar-refractivity contribution in [1.29, 1.82) is 0 Å². The van der Waals surface area contributed by atoms with Gasteiger partial charge in [-0.05, 0) is 38.5 Å². The Morgan fingerprint density at radius 1 is 1.21 bits per heavy atom. The summed E-state index contributed by atoms with van der Waals surface area (Å²) < 4.78 is 1.95. The smallest absolute Gasteiger partial charge is 0.154 e. The highest BCUT2D eigenvalue weighted by Gasteiger charge is 2.28. The summed E-state index contributed by atoms with van der Waals surface area (Å²) in [6.07, 6.45) is 9.57. The molecule has 0 bridgehead atoms. The molecule has 1 unspecified atom stereocenters. The molecule has 2 aliphatic rings. The fraction of sp³-hybridized carbons (Fsp3) is 0.867. The van der Waals surface area contributed by atoms with Crippen molar-refractivity contribution in [2.24, 2.45) is 13.0 Å². The van der Waals surface area contributed by atoms with E-state index in [9.17, 15) is 0 Å². The molecule has 19 heavy (non-hydrogen) atoms. The molecule has 0 aromatic carbocycles. The summed E-state index contributed by atoms with van der Waals surface area (Å²) in [5, 5.41) is 8.19. The molecule has 1 aromatic rings. The zero-order valence-corrected chi connectivity index (χ0v) is 12.2. The maximum absolute atomic E-state index is 4.68. The second kappa shape index (κ2) is 5.61. The van der Waals surface area contributed by atoms with Crippen LogP contribution < -0.4 is 5.32 Å². The van der Waals surface area contributed by atoms with E-state index in [1.807, 2.05) is 11.7 Å². The summed E-state index contributed by atoms with van der Waals surface area (Å²) in [7, 11) is 2.02. The molecule has 0 saturated heterocycles. The molecule has 4 heteroatoms. The van der Waals surface area contributed by atoms with Crippen molar-refractivity contribution < 1.29 is 0 Å². The Morgan fingerprint density at radius 2 is 1.95 bits per heavy atom. The highest BCUT2D eigenvalue weighted by atomic mass is 15.3. The second-order valence-electron chi connectivity index (χ2n) is 6.35. The normalized spacial score (nSPS) is 22.6. The lowest BCUT2D eigenvalue weighted by Crippen LogP contribution is -2.34. The van der Waals surface area contributed by atoms with Gasteiger partial charge in [0.2, 0.25) is 0 Å². The maximum atomic E-state index is 4.68. The van der Waals surface area contributed by atoms with Crippen molar-refractivity contribution in [3.63, 3.8) is 0 Å². The molecule has 0 spiro atoms. The maximum Gasteiger partial charge on any atom is 0.154 e. The van der Waals surface area contributed by atoms with E-state index in [2.05, 4.69) is 22.3 Å². The summed E-state index contributed by atoms with van der Waals surface area (Å²) >= 11 is 0. The average molecular weight is 262 g/mol. The second-order valence-corrected chi connectivity index (χ2v) is 6.35. The molecular weight excluding hydrogens is 236 g/mol. The standard InChI is InChI=1S/C15H26N4/c1-11(12-6-4-3-5-7-12)16-10-14-17-15(13-8-9-13)18-19(14)2/h11-13,16H,3-10H2,1-2H3. The van der Waals surface area contributed by atoms with Gasteiger partial charge in [0.1, 0.15) is 5.82 Å². The first-order valence-corrected chi connectivity index (χ1v) is 7.87. The van der Waals surface area contributed by atoms with Crippen LogP contribution in [0.5, 0.6) is 0 Å². The third-order valence-corrected chi connectivity index (χ3v) is 4.75. The molecule has 106 valence electrons. The lowest BCUT2D eigenvalue weighted by atomic mass is 9.84. The molecule has 2 saturated carbocycles. The average Bonchev–Trinajstić information content (AvgIpc) is 3.22. The molecule has 2 fully saturated rings. The quantitative estimate of drug-likeness (QED) is 0.887. The fourth-order valence-corrected chi connectivity index (χ4v) is 3.16. The first-order valence-electron chi connectivity index (χ1n) is 7.87. The van der Waals surface area contributed by atoms with Crippen LogP contribution in [0.2, 0.25) is 0 Å². The van der Waals surface area contributed by atoms with Crippen molar-refractivity contribution in [2.75, 3.05) is 0 Å².